The number of fused-ring (bicyclic) bond motifs is 1. The normalized spacial score (nSPS) is 13.2. The van der Waals surface area contributed by atoms with Crippen molar-refractivity contribution in [2.75, 3.05) is 0 Å². The molecule has 0 fully saturated rings. The summed E-state index contributed by atoms with van der Waals surface area (Å²) in [6, 6.07) is 7.64. The first-order chi connectivity index (χ1) is 10.1. The van der Waals surface area contributed by atoms with Gasteiger partial charge in [-0.25, -0.2) is 9.48 Å². The van der Waals surface area contributed by atoms with Crippen LogP contribution in [0.2, 0.25) is 0 Å². The molecule has 2 aromatic rings. The van der Waals surface area contributed by atoms with Gasteiger partial charge >= 0.3 is 5.97 Å². The lowest BCUT2D eigenvalue weighted by atomic mass is 10.1. The molecule has 0 atom stereocenters. The van der Waals surface area contributed by atoms with Gasteiger partial charge in [-0.3, -0.25) is 9.59 Å². The monoisotopic (exact) mass is 283 g/mol. The Hall–Kier alpha value is -3.22. The van der Waals surface area contributed by atoms with E-state index in [9.17, 15) is 14.4 Å². The van der Waals surface area contributed by atoms with Crippen LogP contribution in [0.1, 0.15) is 31.2 Å². The molecule has 104 valence electrons. The molecule has 0 saturated heterocycles. The SMILES string of the molecule is C=Cn1nccc1C(=O)ON1C(=O)c2ccccc2C1=O. The number of rotatable bonds is 3. The zero-order chi connectivity index (χ0) is 15.0. The quantitative estimate of drug-likeness (QED) is 0.794. The Morgan fingerprint density at radius 3 is 2.33 bits per heavy atom. The summed E-state index contributed by atoms with van der Waals surface area (Å²) in [6.45, 7) is 3.49. The number of carbonyl (C=O) groups excluding carboxylic acids is 3. The average Bonchev–Trinajstić information content (AvgIpc) is 3.07. The Morgan fingerprint density at radius 1 is 1.14 bits per heavy atom. The molecule has 1 aromatic heterocycles. The highest BCUT2D eigenvalue weighted by Gasteiger charge is 2.39. The smallest absolute Gasteiger partial charge is 0.323 e. The zero-order valence-electron chi connectivity index (χ0n) is 10.7. The minimum atomic E-state index is -0.873. The Balaban J connectivity index is 1.87. The van der Waals surface area contributed by atoms with Gasteiger partial charge in [-0.05, 0) is 18.2 Å². The molecule has 0 saturated carbocycles. The summed E-state index contributed by atoms with van der Waals surface area (Å²) >= 11 is 0. The molecule has 2 amide bonds. The standard InChI is InChI=1S/C14H9N3O4/c1-2-16-11(7-8-15-16)14(20)21-17-12(18)9-5-3-4-6-10(9)13(17)19/h2-8H,1H2. The molecule has 3 rings (SSSR count). The van der Waals surface area contributed by atoms with Crippen LogP contribution in [0.4, 0.5) is 0 Å². The number of hydroxylamine groups is 2. The summed E-state index contributed by atoms with van der Waals surface area (Å²) in [5.74, 6) is -2.22. The lowest BCUT2D eigenvalue weighted by Gasteiger charge is -2.12. The van der Waals surface area contributed by atoms with E-state index in [0.29, 0.717) is 5.06 Å². The number of carbonyl (C=O) groups is 3. The van der Waals surface area contributed by atoms with Crippen molar-refractivity contribution in [1.82, 2.24) is 14.8 Å². The molecule has 21 heavy (non-hydrogen) atoms. The van der Waals surface area contributed by atoms with E-state index in [1.54, 1.807) is 12.1 Å². The summed E-state index contributed by atoms with van der Waals surface area (Å²) in [5.41, 5.74) is 0.460. The molecule has 1 aliphatic rings. The second-order valence-electron chi connectivity index (χ2n) is 4.17. The molecule has 0 radical (unpaired) electrons. The maximum absolute atomic E-state index is 12.1. The highest BCUT2D eigenvalue weighted by Crippen LogP contribution is 2.23. The number of hydrogen-bond donors (Lipinski definition) is 0. The first kappa shape index (κ1) is 12.8. The minimum Gasteiger partial charge on any atom is -0.323 e. The molecular weight excluding hydrogens is 274 g/mol. The Labute approximate surface area is 119 Å². The summed E-state index contributed by atoms with van der Waals surface area (Å²) < 4.78 is 1.18. The van der Waals surface area contributed by atoms with E-state index in [-0.39, 0.29) is 16.8 Å². The molecule has 0 bridgehead atoms. The molecule has 7 nitrogen and oxygen atoms in total. The van der Waals surface area contributed by atoms with E-state index in [0.717, 1.165) is 0 Å². The van der Waals surface area contributed by atoms with Gasteiger partial charge in [0.2, 0.25) is 0 Å². The molecule has 0 N–H and O–H groups in total. The van der Waals surface area contributed by atoms with Crippen LogP contribution >= 0.6 is 0 Å². The number of imide groups is 1. The first-order valence-corrected chi connectivity index (χ1v) is 5.99. The molecule has 1 aliphatic heterocycles. The lowest BCUT2D eigenvalue weighted by Crippen LogP contribution is -2.33. The van der Waals surface area contributed by atoms with Gasteiger partial charge < -0.3 is 4.84 Å². The van der Waals surface area contributed by atoms with Gasteiger partial charge in [-0.15, -0.1) is 0 Å². The maximum Gasteiger partial charge on any atom is 0.382 e. The van der Waals surface area contributed by atoms with Crippen molar-refractivity contribution in [2.45, 2.75) is 0 Å². The Kier molecular flexibility index (Phi) is 2.87. The summed E-state index contributed by atoms with van der Waals surface area (Å²) in [6.07, 6.45) is 2.68. The van der Waals surface area contributed by atoms with Crippen molar-refractivity contribution in [1.29, 1.82) is 0 Å². The molecule has 7 heteroatoms. The van der Waals surface area contributed by atoms with Crippen LogP contribution in [-0.2, 0) is 4.84 Å². The summed E-state index contributed by atoms with van der Waals surface area (Å²) in [7, 11) is 0. The van der Waals surface area contributed by atoms with Gasteiger partial charge in [-0.2, -0.15) is 5.10 Å². The predicted octanol–water partition coefficient (Wildman–Crippen LogP) is 1.35. The van der Waals surface area contributed by atoms with E-state index in [1.807, 2.05) is 0 Å². The maximum atomic E-state index is 12.1. The second-order valence-corrected chi connectivity index (χ2v) is 4.17. The number of nitrogens with zero attached hydrogens (tertiary/aromatic N) is 3. The number of hydrogen-bond acceptors (Lipinski definition) is 5. The minimum absolute atomic E-state index is 0.0570. The van der Waals surface area contributed by atoms with Crippen molar-refractivity contribution < 1.29 is 19.2 Å². The van der Waals surface area contributed by atoms with Gasteiger partial charge in [0, 0.05) is 6.20 Å². The number of benzene rings is 1. The molecule has 1 aromatic carbocycles. The second kappa shape index (κ2) is 4.71. The third kappa shape index (κ3) is 1.91. The Morgan fingerprint density at radius 2 is 1.76 bits per heavy atom. The molecule has 2 heterocycles. The van der Waals surface area contributed by atoms with Crippen molar-refractivity contribution in [3.05, 3.63) is 59.9 Å². The van der Waals surface area contributed by atoms with Crippen LogP contribution in [0.3, 0.4) is 0 Å². The predicted molar refractivity (Wildman–Crippen MR) is 71.0 cm³/mol. The van der Waals surface area contributed by atoms with E-state index in [4.69, 9.17) is 4.84 Å². The van der Waals surface area contributed by atoms with Gasteiger partial charge in [0.05, 0.1) is 17.3 Å². The average molecular weight is 283 g/mol. The third-order valence-corrected chi connectivity index (χ3v) is 2.98. The highest BCUT2D eigenvalue weighted by molar-refractivity contribution is 6.21. The largest absolute Gasteiger partial charge is 0.382 e. The zero-order valence-corrected chi connectivity index (χ0v) is 10.7. The van der Waals surface area contributed by atoms with Gasteiger partial charge in [0.1, 0.15) is 0 Å². The van der Waals surface area contributed by atoms with Gasteiger partial charge in [0.15, 0.2) is 5.69 Å². The number of amides is 2. The van der Waals surface area contributed by atoms with Gasteiger partial charge in [0.25, 0.3) is 11.8 Å². The molecule has 0 spiro atoms. The fourth-order valence-electron chi connectivity index (χ4n) is 2.00. The van der Waals surface area contributed by atoms with E-state index in [1.165, 1.54) is 35.3 Å². The Bertz CT molecular complexity index is 743. The van der Waals surface area contributed by atoms with Crippen LogP contribution in [0, 0.1) is 0 Å². The molecule has 0 aliphatic carbocycles. The fourth-order valence-corrected chi connectivity index (χ4v) is 2.00. The topological polar surface area (TPSA) is 81.5 Å². The fraction of sp³-hybridized carbons (Fsp3) is 0. The van der Waals surface area contributed by atoms with Gasteiger partial charge in [-0.1, -0.05) is 23.8 Å². The van der Waals surface area contributed by atoms with Crippen LogP contribution in [-0.4, -0.2) is 32.6 Å². The first-order valence-electron chi connectivity index (χ1n) is 5.99. The van der Waals surface area contributed by atoms with Crippen molar-refractivity contribution in [2.24, 2.45) is 0 Å². The van der Waals surface area contributed by atoms with Crippen molar-refractivity contribution >= 4 is 24.0 Å². The highest BCUT2D eigenvalue weighted by atomic mass is 16.7. The number of aromatic nitrogens is 2. The summed E-state index contributed by atoms with van der Waals surface area (Å²) in [4.78, 5) is 41.0. The lowest BCUT2D eigenvalue weighted by molar-refractivity contribution is -0.0590. The molecule has 0 unspecified atom stereocenters. The third-order valence-electron chi connectivity index (χ3n) is 2.98. The van der Waals surface area contributed by atoms with Crippen LogP contribution in [0.15, 0.2) is 43.1 Å². The van der Waals surface area contributed by atoms with Crippen LogP contribution in [0.25, 0.3) is 6.20 Å². The van der Waals surface area contributed by atoms with Crippen molar-refractivity contribution in [3.8, 4) is 0 Å². The molecular formula is C14H9N3O4. The van der Waals surface area contributed by atoms with Crippen molar-refractivity contribution in [3.63, 3.8) is 0 Å². The van der Waals surface area contributed by atoms with Crippen LogP contribution < -0.4 is 0 Å². The summed E-state index contributed by atoms with van der Waals surface area (Å²) in [5, 5.41) is 4.27. The van der Waals surface area contributed by atoms with E-state index in [2.05, 4.69) is 11.7 Å². The van der Waals surface area contributed by atoms with E-state index >= 15 is 0 Å². The van der Waals surface area contributed by atoms with Crippen LogP contribution in [0.5, 0.6) is 0 Å². The van der Waals surface area contributed by atoms with E-state index < -0.39 is 17.8 Å².